The predicted molar refractivity (Wildman–Crippen MR) is 73.7 cm³/mol. The Morgan fingerprint density at radius 3 is 2.88 bits per heavy atom. The van der Waals surface area contributed by atoms with Crippen molar-refractivity contribution in [1.82, 2.24) is 9.36 Å². The minimum absolute atomic E-state index is 0.520. The van der Waals surface area contributed by atoms with Crippen LogP contribution in [0.5, 0.6) is 0 Å². The van der Waals surface area contributed by atoms with Gasteiger partial charge in [-0.25, -0.2) is 4.98 Å². The van der Waals surface area contributed by atoms with Crippen LogP contribution < -0.4 is 5.32 Å². The van der Waals surface area contributed by atoms with Gasteiger partial charge < -0.3 is 5.32 Å². The van der Waals surface area contributed by atoms with Crippen LogP contribution in [0.15, 0.2) is 0 Å². The fraction of sp³-hybridized carbons (Fsp3) is 0.846. The lowest BCUT2D eigenvalue weighted by Gasteiger charge is -2.11. The van der Waals surface area contributed by atoms with Gasteiger partial charge in [0, 0.05) is 23.5 Å². The minimum atomic E-state index is 0.520. The van der Waals surface area contributed by atoms with Crippen LogP contribution in [0.2, 0.25) is 0 Å². The zero-order valence-corrected chi connectivity index (χ0v) is 11.7. The standard InChI is InChI=1S/C13H23N3S/c1-3-4-5-6-7-10(2)14-13-15-12(16-17-13)11-8-9-11/h10-11H,3-9H2,1-2H3,(H,14,15,16). The second-order valence-electron chi connectivity index (χ2n) is 5.13. The number of hydrogen-bond acceptors (Lipinski definition) is 4. The molecule has 0 saturated heterocycles. The average molecular weight is 253 g/mol. The molecule has 0 bridgehead atoms. The first-order chi connectivity index (χ1) is 8.29. The molecule has 0 aromatic carbocycles. The third-order valence-electron chi connectivity index (χ3n) is 3.24. The topological polar surface area (TPSA) is 37.8 Å². The lowest BCUT2D eigenvalue weighted by Crippen LogP contribution is -2.14. The molecule has 2 rings (SSSR count). The lowest BCUT2D eigenvalue weighted by atomic mass is 10.1. The van der Waals surface area contributed by atoms with Crippen LogP contribution in [0.4, 0.5) is 5.13 Å². The van der Waals surface area contributed by atoms with E-state index in [0.717, 1.165) is 11.0 Å². The predicted octanol–water partition coefficient (Wildman–Crippen LogP) is 4.19. The number of rotatable bonds is 8. The fourth-order valence-corrected chi connectivity index (χ4v) is 2.72. The molecule has 1 atom stereocenters. The van der Waals surface area contributed by atoms with Crippen molar-refractivity contribution in [1.29, 1.82) is 0 Å². The zero-order chi connectivity index (χ0) is 12.1. The van der Waals surface area contributed by atoms with Gasteiger partial charge in [-0.1, -0.05) is 32.6 Å². The molecule has 1 aromatic heterocycles. The Hall–Kier alpha value is -0.640. The summed E-state index contributed by atoms with van der Waals surface area (Å²) in [5.74, 6) is 1.73. The summed E-state index contributed by atoms with van der Waals surface area (Å²) >= 11 is 1.52. The van der Waals surface area contributed by atoms with Crippen molar-refractivity contribution in [2.45, 2.75) is 70.8 Å². The molecule has 0 amide bonds. The minimum Gasteiger partial charge on any atom is -0.358 e. The van der Waals surface area contributed by atoms with Gasteiger partial charge in [0.05, 0.1) is 0 Å². The first kappa shape index (κ1) is 12.8. The Morgan fingerprint density at radius 2 is 2.18 bits per heavy atom. The van der Waals surface area contributed by atoms with E-state index in [1.165, 1.54) is 56.5 Å². The van der Waals surface area contributed by atoms with Crippen LogP contribution in [-0.2, 0) is 0 Å². The molecule has 96 valence electrons. The zero-order valence-electron chi connectivity index (χ0n) is 10.9. The summed E-state index contributed by atoms with van der Waals surface area (Å²) in [7, 11) is 0. The largest absolute Gasteiger partial charge is 0.358 e. The van der Waals surface area contributed by atoms with Crippen molar-refractivity contribution in [3.63, 3.8) is 0 Å². The molecule has 0 spiro atoms. The van der Waals surface area contributed by atoms with Crippen LogP contribution in [0, 0.1) is 0 Å². The van der Waals surface area contributed by atoms with Crippen LogP contribution in [0.3, 0.4) is 0 Å². The maximum Gasteiger partial charge on any atom is 0.202 e. The highest BCUT2D eigenvalue weighted by molar-refractivity contribution is 7.09. The van der Waals surface area contributed by atoms with Gasteiger partial charge in [-0.3, -0.25) is 0 Å². The summed E-state index contributed by atoms with van der Waals surface area (Å²) in [5, 5.41) is 4.48. The summed E-state index contributed by atoms with van der Waals surface area (Å²) < 4.78 is 4.41. The average Bonchev–Trinajstić information content (AvgIpc) is 3.07. The third-order valence-corrected chi connectivity index (χ3v) is 3.91. The van der Waals surface area contributed by atoms with Gasteiger partial charge in [0.2, 0.25) is 5.13 Å². The van der Waals surface area contributed by atoms with E-state index < -0.39 is 0 Å². The van der Waals surface area contributed by atoms with Gasteiger partial charge >= 0.3 is 0 Å². The molecule has 1 fully saturated rings. The SMILES string of the molecule is CCCCCCC(C)Nc1nc(C2CC2)ns1. The van der Waals surface area contributed by atoms with Crippen LogP contribution in [-0.4, -0.2) is 15.4 Å². The lowest BCUT2D eigenvalue weighted by molar-refractivity contribution is 0.593. The molecule has 1 aromatic rings. The Bertz CT molecular complexity index is 333. The molecule has 0 aliphatic heterocycles. The molecule has 1 unspecified atom stereocenters. The first-order valence-corrected chi connectivity index (χ1v) is 7.67. The summed E-state index contributed by atoms with van der Waals surface area (Å²) in [6.07, 6.45) is 9.13. The highest BCUT2D eigenvalue weighted by Crippen LogP contribution is 2.39. The Kier molecular flexibility index (Phi) is 4.77. The van der Waals surface area contributed by atoms with Crippen LogP contribution in [0.1, 0.15) is 70.5 Å². The summed E-state index contributed by atoms with van der Waals surface area (Å²) in [4.78, 5) is 4.55. The number of anilines is 1. The maximum atomic E-state index is 4.55. The van der Waals surface area contributed by atoms with Gasteiger partial charge in [0.1, 0.15) is 5.82 Å². The molecule has 17 heavy (non-hydrogen) atoms. The molecule has 1 saturated carbocycles. The number of unbranched alkanes of at least 4 members (excludes halogenated alkanes) is 3. The number of aromatic nitrogens is 2. The Labute approximate surface area is 108 Å². The van der Waals surface area contributed by atoms with Gasteiger partial charge in [-0.05, 0) is 26.2 Å². The van der Waals surface area contributed by atoms with Crippen molar-refractivity contribution >= 4 is 16.7 Å². The van der Waals surface area contributed by atoms with Crippen molar-refractivity contribution in [3.8, 4) is 0 Å². The van der Waals surface area contributed by atoms with E-state index in [2.05, 4.69) is 28.5 Å². The second-order valence-corrected chi connectivity index (χ2v) is 5.88. The number of nitrogens with zero attached hydrogens (tertiary/aromatic N) is 2. The van der Waals surface area contributed by atoms with Crippen LogP contribution in [0.25, 0.3) is 0 Å². The van der Waals surface area contributed by atoms with Gasteiger partial charge in [0.15, 0.2) is 0 Å². The van der Waals surface area contributed by atoms with E-state index >= 15 is 0 Å². The monoisotopic (exact) mass is 253 g/mol. The van der Waals surface area contributed by atoms with E-state index in [4.69, 9.17) is 0 Å². The molecule has 3 nitrogen and oxygen atoms in total. The van der Waals surface area contributed by atoms with Gasteiger partial charge in [0.25, 0.3) is 0 Å². The number of nitrogens with one attached hydrogen (secondary N) is 1. The number of hydrogen-bond donors (Lipinski definition) is 1. The van der Waals surface area contributed by atoms with Crippen molar-refractivity contribution in [2.75, 3.05) is 5.32 Å². The molecular weight excluding hydrogens is 230 g/mol. The Morgan fingerprint density at radius 1 is 1.35 bits per heavy atom. The quantitative estimate of drug-likeness (QED) is 0.706. The molecule has 1 heterocycles. The second kappa shape index (κ2) is 6.34. The molecule has 1 aliphatic rings. The summed E-state index contributed by atoms with van der Waals surface area (Å²) in [6, 6.07) is 0.520. The van der Waals surface area contributed by atoms with Crippen LogP contribution >= 0.6 is 11.5 Å². The van der Waals surface area contributed by atoms with Gasteiger partial charge in [-0.15, -0.1) is 0 Å². The molecular formula is C13H23N3S. The maximum absolute atomic E-state index is 4.55. The highest BCUT2D eigenvalue weighted by atomic mass is 32.1. The molecule has 0 radical (unpaired) electrons. The Balaban J connectivity index is 1.67. The highest BCUT2D eigenvalue weighted by Gasteiger charge is 2.27. The molecule has 1 N–H and O–H groups in total. The normalized spacial score (nSPS) is 17.1. The van der Waals surface area contributed by atoms with E-state index in [1.54, 1.807) is 0 Å². The van der Waals surface area contributed by atoms with Gasteiger partial charge in [-0.2, -0.15) is 4.37 Å². The van der Waals surface area contributed by atoms with Crippen molar-refractivity contribution in [2.24, 2.45) is 0 Å². The van der Waals surface area contributed by atoms with E-state index in [9.17, 15) is 0 Å². The molecule has 1 aliphatic carbocycles. The molecule has 4 heteroatoms. The summed E-state index contributed by atoms with van der Waals surface area (Å²) in [5.41, 5.74) is 0. The first-order valence-electron chi connectivity index (χ1n) is 6.89. The smallest absolute Gasteiger partial charge is 0.202 e. The van der Waals surface area contributed by atoms with Crippen molar-refractivity contribution < 1.29 is 0 Å². The van der Waals surface area contributed by atoms with Crippen molar-refractivity contribution in [3.05, 3.63) is 5.82 Å². The van der Waals surface area contributed by atoms with E-state index in [0.29, 0.717) is 12.0 Å². The third kappa shape index (κ3) is 4.26. The fourth-order valence-electron chi connectivity index (χ4n) is 1.96. The van der Waals surface area contributed by atoms with E-state index in [1.807, 2.05) is 0 Å². The summed E-state index contributed by atoms with van der Waals surface area (Å²) in [6.45, 7) is 4.49. The van der Waals surface area contributed by atoms with E-state index in [-0.39, 0.29) is 0 Å².